The first-order chi connectivity index (χ1) is 5.91. The smallest absolute Gasteiger partial charge is 1.00 e. The van der Waals surface area contributed by atoms with Crippen LogP contribution in [0.5, 0.6) is 0 Å². The summed E-state index contributed by atoms with van der Waals surface area (Å²) in [4.78, 5) is 0. The van der Waals surface area contributed by atoms with Gasteiger partial charge in [0.05, 0.1) is 39.6 Å². The third kappa shape index (κ3) is 15.4. The summed E-state index contributed by atoms with van der Waals surface area (Å²) in [5, 5.41) is 0. The molecule has 0 N–H and O–H groups in total. The maximum Gasteiger partial charge on any atom is 2.00 e. The largest absolute Gasteiger partial charge is 2.00 e. The second-order valence-electron chi connectivity index (χ2n) is 2.21. The summed E-state index contributed by atoms with van der Waals surface area (Å²) in [6.45, 7) is 3.77. The van der Waals surface area contributed by atoms with Gasteiger partial charge < -0.3 is 21.8 Å². The van der Waals surface area contributed by atoms with E-state index in [1.807, 2.05) is 0 Å². The van der Waals surface area contributed by atoms with Crippen LogP contribution in [0, 0.1) is 0 Å². The van der Waals surface area contributed by atoms with E-state index in [4.69, 9.17) is 18.9 Å². The predicted molar refractivity (Wildman–Crippen MR) is 53.4 cm³/mol. The van der Waals surface area contributed by atoms with Crippen LogP contribution in [0.1, 0.15) is 2.85 Å². The topological polar surface area (TPSA) is 36.9 Å². The van der Waals surface area contributed by atoms with Crippen LogP contribution in [0.3, 0.4) is 0 Å². The Morgan fingerprint density at radius 2 is 1.00 bits per heavy atom. The van der Waals surface area contributed by atoms with Crippen molar-refractivity contribution in [2.45, 2.75) is 0 Å². The first-order valence-electron chi connectivity index (χ1n) is 4.05. The maximum absolute atomic E-state index is 5.16. The summed E-state index contributed by atoms with van der Waals surface area (Å²) >= 11 is 0. The van der Waals surface area contributed by atoms with Crippen molar-refractivity contribution in [1.29, 1.82) is 0 Å². The molecule has 0 saturated carbocycles. The molecule has 78 valence electrons. The van der Waals surface area contributed by atoms with Gasteiger partial charge >= 0.3 is 23.1 Å². The van der Waals surface area contributed by atoms with Crippen molar-refractivity contribution < 1.29 is 21.8 Å². The molecule has 0 aromatic carbocycles. The molecule has 0 unspecified atom stereocenters. The number of hydrogen-bond donors (Lipinski definition) is 0. The molecule has 0 amide bonds. The normalized spacial score (nSPS) is 9.69. The van der Waals surface area contributed by atoms with E-state index in [2.05, 4.69) is 0 Å². The van der Waals surface area contributed by atoms with Gasteiger partial charge in [-0.15, -0.1) is 0 Å². The second-order valence-corrected chi connectivity index (χ2v) is 2.21. The summed E-state index contributed by atoms with van der Waals surface area (Å²) in [5.74, 6) is 0. The van der Waals surface area contributed by atoms with E-state index >= 15 is 0 Å². The third-order valence-corrected chi connectivity index (χ3v) is 1.24. The standard InChI is InChI=1S/C8H18O4.Mg.2H/c1-9-3-5-11-7-8-12-6-4-10-2;;;/h3-8H2,1-2H3;;;/q;+2;2*-1. The SMILES string of the molecule is COCCOCCOCCOC.[H-].[H-].[Mg+2]. The zero-order valence-electron chi connectivity index (χ0n) is 10.6. The Bertz CT molecular complexity index is 81.0. The molecule has 0 radical (unpaired) electrons. The van der Waals surface area contributed by atoms with E-state index in [1.165, 1.54) is 0 Å². The molecule has 0 bridgehead atoms. The van der Waals surface area contributed by atoms with Crippen molar-refractivity contribution in [3.8, 4) is 0 Å². The average Bonchev–Trinajstić information content (AvgIpc) is 2.10. The molecule has 0 aliphatic rings. The van der Waals surface area contributed by atoms with Crippen LogP contribution in [-0.2, 0) is 18.9 Å². The summed E-state index contributed by atoms with van der Waals surface area (Å²) in [7, 11) is 3.30. The molecule has 0 aromatic heterocycles. The molecule has 5 heteroatoms. The fourth-order valence-corrected chi connectivity index (χ4v) is 0.606. The van der Waals surface area contributed by atoms with Gasteiger partial charge in [0, 0.05) is 14.2 Å². The molecular formula is C8H20MgO4. The van der Waals surface area contributed by atoms with Crippen molar-refractivity contribution >= 4 is 23.1 Å². The number of hydrogen-bond acceptors (Lipinski definition) is 4. The van der Waals surface area contributed by atoms with Gasteiger partial charge in [0.25, 0.3) is 0 Å². The Kier molecular flexibility index (Phi) is 18.6. The van der Waals surface area contributed by atoms with E-state index in [1.54, 1.807) is 14.2 Å². The summed E-state index contributed by atoms with van der Waals surface area (Å²) in [5.41, 5.74) is 0. The van der Waals surface area contributed by atoms with Gasteiger partial charge in [-0.25, -0.2) is 0 Å². The molecule has 0 aromatic rings. The van der Waals surface area contributed by atoms with Gasteiger partial charge in [-0.2, -0.15) is 0 Å². The van der Waals surface area contributed by atoms with Crippen LogP contribution in [0.25, 0.3) is 0 Å². The van der Waals surface area contributed by atoms with Crippen LogP contribution in [0.15, 0.2) is 0 Å². The third-order valence-electron chi connectivity index (χ3n) is 1.24. The van der Waals surface area contributed by atoms with Crippen LogP contribution in [0.4, 0.5) is 0 Å². The summed E-state index contributed by atoms with van der Waals surface area (Å²) in [6, 6.07) is 0. The average molecular weight is 205 g/mol. The summed E-state index contributed by atoms with van der Waals surface area (Å²) in [6.07, 6.45) is 0. The quantitative estimate of drug-likeness (QED) is 0.396. The zero-order valence-corrected chi connectivity index (χ0v) is 10.00. The van der Waals surface area contributed by atoms with Crippen molar-refractivity contribution in [2.75, 3.05) is 53.9 Å². The number of methoxy groups -OCH3 is 2. The van der Waals surface area contributed by atoms with Crippen molar-refractivity contribution in [3.63, 3.8) is 0 Å². The van der Waals surface area contributed by atoms with Gasteiger partial charge in [-0.1, -0.05) is 0 Å². The van der Waals surface area contributed by atoms with Crippen molar-refractivity contribution in [2.24, 2.45) is 0 Å². The predicted octanol–water partition coefficient (Wildman–Crippen LogP) is 0.157. The van der Waals surface area contributed by atoms with Gasteiger partial charge in [-0.3, -0.25) is 0 Å². The zero-order chi connectivity index (χ0) is 9.07. The molecule has 0 heterocycles. The van der Waals surface area contributed by atoms with Crippen molar-refractivity contribution in [3.05, 3.63) is 0 Å². The minimum absolute atomic E-state index is 0. The monoisotopic (exact) mass is 204 g/mol. The molecule has 0 aliphatic carbocycles. The first kappa shape index (κ1) is 16.1. The fourth-order valence-electron chi connectivity index (χ4n) is 0.606. The Hall–Kier alpha value is 0.606. The first-order valence-corrected chi connectivity index (χ1v) is 4.05. The van der Waals surface area contributed by atoms with Crippen LogP contribution in [0.2, 0.25) is 0 Å². The number of rotatable bonds is 9. The van der Waals surface area contributed by atoms with E-state index in [0.717, 1.165) is 0 Å². The maximum atomic E-state index is 5.16. The Morgan fingerprint density at radius 1 is 0.692 bits per heavy atom. The molecule has 0 fully saturated rings. The molecule has 0 spiro atoms. The van der Waals surface area contributed by atoms with Gasteiger partial charge in [0.1, 0.15) is 0 Å². The van der Waals surface area contributed by atoms with E-state index in [9.17, 15) is 0 Å². The minimum atomic E-state index is 0. The summed E-state index contributed by atoms with van der Waals surface area (Å²) < 4.78 is 19.9. The molecule has 0 rings (SSSR count). The van der Waals surface area contributed by atoms with Gasteiger partial charge in [0.15, 0.2) is 0 Å². The molecule has 0 atom stereocenters. The fraction of sp³-hybridized carbons (Fsp3) is 1.00. The minimum Gasteiger partial charge on any atom is -1.00 e. The Labute approximate surface area is 99.0 Å². The van der Waals surface area contributed by atoms with E-state index in [-0.39, 0.29) is 25.9 Å². The van der Waals surface area contributed by atoms with Crippen LogP contribution >= 0.6 is 0 Å². The van der Waals surface area contributed by atoms with Crippen LogP contribution < -0.4 is 0 Å². The van der Waals surface area contributed by atoms with Gasteiger partial charge in [-0.05, 0) is 0 Å². The molecule has 0 aliphatic heterocycles. The number of ether oxygens (including phenoxy) is 4. The second kappa shape index (κ2) is 15.1. The van der Waals surface area contributed by atoms with Crippen LogP contribution in [-0.4, -0.2) is 76.9 Å². The molecular weight excluding hydrogens is 184 g/mol. The molecule has 0 saturated heterocycles. The van der Waals surface area contributed by atoms with E-state index < -0.39 is 0 Å². The Morgan fingerprint density at radius 3 is 1.31 bits per heavy atom. The van der Waals surface area contributed by atoms with Crippen molar-refractivity contribution in [1.82, 2.24) is 0 Å². The molecule has 13 heavy (non-hydrogen) atoms. The Balaban J connectivity index is -0.000000202. The molecule has 4 nitrogen and oxygen atoms in total. The van der Waals surface area contributed by atoms with E-state index in [0.29, 0.717) is 39.6 Å². The van der Waals surface area contributed by atoms with Gasteiger partial charge in [0.2, 0.25) is 0 Å².